The summed E-state index contributed by atoms with van der Waals surface area (Å²) in [6.45, 7) is 5.00. The van der Waals surface area contributed by atoms with Gasteiger partial charge in [0.1, 0.15) is 5.60 Å². The van der Waals surface area contributed by atoms with E-state index in [1.54, 1.807) is 32.9 Å². The molecule has 1 aromatic carbocycles. The third kappa shape index (κ3) is 4.89. The molecule has 0 aliphatic rings. The summed E-state index contributed by atoms with van der Waals surface area (Å²) in [5.41, 5.74) is 0.0621. The molecular weight excluding hydrogens is 336 g/mol. The highest BCUT2D eigenvalue weighted by Crippen LogP contribution is 2.16. The van der Waals surface area contributed by atoms with E-state index >= 15 is 0 Å². The molecule has 1 rings (SSSR count). The third-order valence-electron chi connectivity index (χ3n) is 1.86. The number of rotatable bonds is 2. The second kappa shape index (κ2) is 5.66. The fraction of sp³-hybridized carbons (Fsp3) is 0.417. The number of benzene rings is 1. The van der Waals surface area contributed by atoms with Gasteiger partial charge in [-0.2, -0.15) is 0 Å². The van der Waals surface area contributed by atoms with E-state index in [1.165, 1.54) is 0 Å². The molecule has 0 unspecified atom stereocenters. The summed E-state index contributed by atoms with van der Waals surface area (Å²) in [5.74, 6) is 0. The Hall–Kier alpha value is -0.850. The zero-order valence-electron chi connectivity index (χ0n) is 10.0. The van der Waals surface area contributed by atoms with E-state index in [0.29, 0.717) is 0 Å². The first-order valence-electron chi connectivity index (χ1n) is 5.19. The SMILES string of the molecule is CC(C)(C)OC(=O)N(F)Cc1ccccc1I. The number of carbonyl (C=O) groups is 1. The maximum atomic E-state index is 13.5. The van der Waals surface area contributed by atoms with Gasteiger partial charge in [0.15, 0.2) is 0 Å². The van der Waals surface area contributed by atoms with Crippen LogP contribution in [0.15, 0.2) is 24.3 Å². The monoisotopic (exact) mass is 351 g/mol. The lowest BCUT2D eigenvalue weighted by atomic mass is 10.2. The first-order valence-corrected chi connectivity index (χ1v) is 6.27. The Morgan fingerprint density at radius 3 is 2.53 bits per heavy atom. The fourth-order valence-corrected chi connectivity index (χ4v) is 1.71. The molecule has 0 aromatic heterocycles. The van der Waals surface area contributed by atoms with Crippen molar-refractivity contribution < 1.29 is 14.0 Å². The van der Waals surface area contributed by atoms with E-state index in [0.717, 1.165) is 9.13 Å². The van der Waals surface area contributed by atoms with Gasteiger partial charge in [-0.25, -0.2) is 4.79 Å². The van der Waals surface area contributed by atoms with E-state index < -0.39 is 11.7 Å². The molecule has 1 amide bonds. The van der Waals surface area contributed by atoms with Crippen LogP contribution in [-0.4, -0.2) is 16.8 Å². The third-order valence-corrected chi connectivity index (χ3v) is 2.91. The summed E-state index contributed by atoms with van der Waals surface area (Å²) in [7, 11) is 0. The topological polar surface area (TPSA) is 29.5 Å². The highest BCUT2D eigenvalue weighted by atomic mass is 127. The Labute approximate surface area is 114 Å². The van der Waals surface area contributed by atoms with Crippen molar-refractivity contribution in [1.82, 2.24) is 5.12 Å². The molecule has 94 valence electrons. The fourth-order valence-electron chi connectivity index (χ4n) is 1.15. The lowest BCUT2D eigenvalue weighted by Crippen LogP contribution is -2.31. The van der Waals surface area contributed by atoms with E-state index in [-0.39, 0.29) is 11.7 Å². The smallest absolute Gasteiger partial charge is 0.438 e. The summed E-state index contributed by atoms with van der Waals surface area (Å²) in [6, 6.07) is 7.30. The van der Waals surface area contributed by atoms with Crippen LogP contribution in [0.4, 0.5) is 9.28 Å². The highest BCUT2D eigenvalue weighted by Gasteiger charge is 2.22. The van der Waals surface area contributed by atoms with Gasteiger partial charge in [0.05, 0.1) is 6.54 Å². The highest BCUT2D eigenvalue weighted by molar-refractivity contribution is 14.1. The number of carbonyl (C=O) groups excluding carboxylic acids is 1. The van der Waals surface area contributed by atoms with E-state index in [4.69, 9.17) is 4.74 Å². The molecule has 17 heavy (non-hydrogen) atoms. The molecule has 3 nitrogen and oxygen atoms in total. The maximum Gasteiger partial charge on any atom is 0.438 e. The molecule has 0 N–H and O–H groups in total. The first kappa shape index (κ1) is 14.2. The quantitative estimate of drug-likeness (QED) is 0.597. The normalized spacial score (nSPS) is 11.1. The molecular formula is C12H15FINO2. The number of nitrogens with zero attached hydrogens (tertiary/aromatic N) is 1. The Morgan fingerprint density at radius 2 is 2.00 bits per heavy atom. The lowest BCUT2D eigenvalue weighted by Gasteiger charge is -2.22. The predicted octanol–water partition coefficient (Wildman–Crippen LogP) is 3.91. The summed E-state index contributed by atoms with van der Waals surface area (Å²) in [6.07, 6.45) is -0.961. The lowest BCUT2D eigenvalue weighted by molar-refractivity contribution is -0.0351. The number of ether oxygens (including phenoxy) is 1. The van der Waals surface area contributed by atoms with Gasteiger partial charge in [0.2, 0.25) is 0 Å². The number of halogens is 2. The molecule has 0 aliphatic heterocycles. The van der Waals surface area contributed by atoms with Crippen molar-refractivity contribution in [2.24, 2.45) is 0 Å². The van der Waals surface area contributed by atoms with Crippen LogP contribution in [0.2, 0.25) is 0 Å². The van der Waals surface area contributed by atoms with Gasteiger partial charge in [0.25, 0.3) is 0 Å². The van der Waals surface area contributed by atoms with Crippen LogP contribution in [0.5, 0.6) is 0 Å². The van der Waals surface area contributed by atoms with Crippen LogP contribution in [0.3, 0.4) is 0 Å². The van der Waals surface area contributed by atoms with Crippen molar-refractivity contribution in [2.75, 3.05) is 0 Å². The van der Waals surface area contributed by atoms with Crippen molar-refractivity contribution >= 4 is 28.7 Å². The second-order valence-corrected chi connectivity index (χ2v) is 5.75. The molecule has 0 radical (unpaired) electrons. The van der Waals surface area contributed by atoms with Crippen LogP contribution in [0, 0.1) is 3.57 Å². The average Bonchev–Trinajstić information content (AvgIpc) is 2.18. The minimum atomic E-state index is -0.961. The Kier molecular flexibility index (Phi) is 4.73. The van der Waals surface area contributed by atoms with Crippen molar-refractivity contribution in [1.29, 1.82) is 0 Å². The standard InChI is InChI=1S/C12H15FINO2/c1-12(2,3)17-11(16)15(13)8-9-6-4-5-7-10(9)14/h4-7H,8H2,1-3H3. The zero-order chi connectivity index (χ0) is 13.1. The Balaban J connectivity index is 2.64. The summed E-state index contributed by atoms with van der Waals surface area (Å²) in [5, 5.41) is 0.0861. The van der Waals surface area contributed by atoms with Gasteiger partial charge in [-0.3, -0.25) is 0 Å². The molecule has 0 heterocycles. The van der Waals surface area contributed by atoms with E-state index in [9.17, 15) is 9.28 Å². The van der Waals surface area contributed by atoms with Crippen molar-refractivity contribution in [3.8, 4) is 0 Å². The molecule has 1 aromatic rings. The van der Waals surface area contributed by atoms with Crippen molar-refractivity contribution in [3.63, 3.8) is 0 Å². The molecule has 0 fully saturated rings. The van der Waals surface area contributed by atoms with Crippen molar-refractivity contribution in [2.45, 2.75) is 32.9 Å². The number of amides is 1. The van der Waals surface area contributed by atoms with Crippen LogP contribution in [-0.2, 0) is 11.3 Å². The van der Waals surface area contributed by atoms with Gasteiger partial charge in [0, 0.05) is 3.57 Å². The predicted molar refractivity (Wildman–Crippen MR) is 72.0 cm³/mol. The molecule has 0 bridgehead atoms. The number of hydrogen-bond acceptors (Lipinski definition) is 2. The summed E-state index contributed by atoms with van der Waals surface area (Å²) >= 11 is 2.10. The Morgan fingerprint density at radius 1 is 1.41 bits per heavy atom. The molecule has 5 heteroatoms. The number of hydrogen-bond donors (Lipinski definition) is 0. The van der Waals surface area contributed by atoms with Crippen LogP contribution < -0.4 is 0 Å². The summed E-state index contributed by atoms with van der Waals surface area (Å²) < 4.78 is 19.4. The minimum absolute atomic E-state index is 0.0861. The molecule has 0 spiro atoms. The Bertz CT molecular complexity index is 404. The maximum absolute atomic E-state index is 13.5. The molecule has 0 aliphatic carbocycles. The van der Waals surface area contributed by atoms with Crippen molar-refractivity contribution in [3.05, 3.63) is 33.4 Å². The minimum Gasteiger partial charge on any atom is -0.442 e. The average molecular weight is 351 g/mol. The van der Waals surface area contributed by atoms with Crippen LogP contribution >= 0.6 is 22.6 Å². The summed E-state index contributed by atoms with van der Waals surface area (Å²) in [4.78, 5) is 11.4. The molecule has 0 atom stereocenters. The molecule has 0 saturated heterocycles. The van der Waals surface area contributed by atoms with Gasteiger partial charge < -0.3 is 4.74 Å². The van der Waals surface area contributed by atoms with Gasteiger partial charge in [-0.15, -0.1) is 5.12 Å². The van der Waals surface area contributed by atoms with Crippen LogP contribution in [0.25, 0.3) is 0 Å². The van der Waals surface area contributed by atoms with Gasteiger partial charge in [-0.05, 0) is 55.0 Å². The van der Waals surface area contributed by atoms with Gasteiger partial charge >= 0.3 is 6.09 Å². The van der Waals surface area contributed by atoms with Crippen LogP contribution in [0.1, 0.15) is 26.3 Å². The van der Waals surface area contributed by atoms with Gasteiger partial charge in [-0.1, -0.05) is 22.7 Å². The second-order valence-electron chi connectivity index (χ2n) is 4.59. The van der Waals surface area contributed by atoms with E-state index in [1.807, 2.05) is 12.1 Å². The van der Waals surface area contributed by atoms with E-state index in [2.05, 4.69) is 22.6 Å². The first-order chi connectivity index (χ1) is 7.79. The molecule has 0 saturated carbocycles. The zero-order valence-corrected chi connectivity index (χ0v) is 12.2. The largest absolute Gasteiger partial charge is 0.442 e.